The van der Waals surface area contributed by atoms with Crippen LogP contribution < -0.4 is 4.74 Å². The molecule has 6 nitrogen and oxygen atoms in total. The van der Waals surface area contributed by atoms with Crippen molar-refractivity contribution in [3.63, 3.8) is 0 Å². The predicted octanol–water partition coefficient (Wildman–Crippen LogP) is 2.36. The van der Waals surface area contributed by atoms with E-state index in [9.17, 15) is 10.1 Å². The van der Waals surface area contributed by atoms with Crippen LogP contribution >= 0.6 is 15.9 Å². The number of hydrogen-bond donors (Lipinski definition) is 0. The van der Waals surface area contributed by atoms with Gasteiger partial charge in [0.25, 0.3) is 0 Å². The minimum Gasteiger partial charge on any atom is -0.481 e. The molecule has 0 aromatic heterocycles. The van der Waals surface area contributed by atoms with Gasteiger partial charge in [-0.2, -0.15) is 0 Å². The highest BCUT2D eigenvalue weighted by molar-refractivity contribution is 9.10. The molecule has 94 valence electrons. The minimum atomic E-state index is -0.557. The summed E-state index contributed by atoms with van der Waals surface area (Å²) in [6, 6.07) is 4.56. The molecule has 0 bridgehead atoms. The van der Waals surface area contributed by atoms with Gasteiger partial charge in [-0.15, -0.1) is 0 Å². The molecule has 0 aliphatic heterocycles. The number of halogens is 1. The first kappa shape index (κ1) is 13.9. The Labute approximate surface area is 107 Å². The van der Waals surface area contributed by atoms with Gasteiger partial charge in [0.1, 0.15) is 6.61 Å². The second-order valence-corrected chi connectivity index (χ2v) is 4.00. The van der Waals surface area contributed by atoms with E-state index in [2.05, 4.69) is 15.9 Å². The number of hydrogen-bond acceptors (Lipinski definition) is 5. The van der Waals surface area contributed by atoms with Crippen molar-refractivity contribution in [2.45, 2.75) is 6.29 Å². The molecule has 0 heterocycles. The van der Waals surface area contributed by atoms with Crippen molar-refractivity contribution in [2.24, 2.45) is 0 Å². The van der Waals surface area contributed by atoms with E-state index in [-0.39, 0.29) is 18.0 Å². The zero-order valence-corrected chi connectivity index (χ0v) is 11.0. The number of methoxy groups -OCH3 is 2. The van der Waals surface area contributed by atoms with Crippen molar-refractivity contribution < 1.29 is 19.1 Å². The summed E-state index contributed by atoms with van der Waals surface area (Å²) in [4.78, 5) is 10.3. The molecule has 0 N–H and O–H groups in total. The molecule has 0 aliphatic rings. The average molecular weight is 306 g/mol. The molecule has 0 fully saturated rings. The fourth-order valence-electron chi connectivity index (χ4n) is 1.15. The molecule has 0 radical (unpaired) electrons. The van der Waals surface area contributed by atoms with E-state index in [1.54, 1.807) is 6.07 Å². The number of ether oxygens (including phenoxy) is 3. The van der Waals surface area contributed by atoms with Crippen LogP contribution in [0.3, 0.4) is 0 Å². The highest BCUT2D eigenvalue weighted by Crippen LogP contribution is 2.30. The third kappa shape index (κ3) is 3.95. The van der Waals surface area contributed by atoms with Crippen LogP contribution in [-0.2, 0) is 9.47 Å². The second kappa shape index (κ2) is 6.53. The van der Waals surface area contributed by atoms with Crippen molar-refractivity contribution in [1.29, 1.82) is 0 Å². The Hall–Kier alpha value is -1.18. The van der Waals surface area contributed by atoms with Crippen molar-refractivity contribution in [3.05, 3.63) is 32.8 Å². The number of nitrogens with zero attached hydrogens (tertiary/aromatic N) is 1. The standard InChI is InChI=1S/C10H12BrNO5/c1-15-10(16-2)6-17-9-4-3-7(11)5-8(9)12(13)14/h3-5,10H,6H2,1-2H3. The molecule has 7 heteroatoms. The highest BCUT2D eigenvalue weighted by atomic mass is 79.9. The van der Waals surface area contributed by atoms with Gasteiger partial charge >= 0.3 is 5.69 Å². The van der Waals surface area contributed by atoms with Crippen molar-refractivity contribution in [2.75, 3.05) is 20.8 Å². The van der Waals surface area contributed by atoms with Crippen LogP contribution in [0.2, 0.25) is 0 Å². The molecule has 0 spiro atoms. The number of nitro groups is 1. The minimum absolute atomic E-state index is 0.0788. The number of benzene rings is 1. The number of rotatable bonds is 6. The topological polar surface area (TPSA) is 70.8 Å². The lowest BCUT2D eigenvalue weighted by Crippen LogP contribution is -2.22. The maximum absolute atomic E-state index is 10.8. The van der Waals surface area contributed by atoms with E-state index in [4.69, 9.17) is 14.2 Å². The van der Waals surface area contributed by atoms with Gasteiger partial charge in [0.05, 0.1) is 4.92 Å². The zero-order valence-electron chi connectivity index (χ0n) is 9.38. The summed E-state index contributed by atoms with van der Waals surface area (Å²) in [7, 11) is 2.93. The van der Waals surface area contributed by atoms with Gasteiger partial charge in [0, 0.05) is 24.8 Å². The van der Waals surface area contributed by atoms with Crippen LogP contribution in [0.5, 0.6) is 5.75 Å². The third-order valence-corrected chi connectivity index (χ3v) is 2.51. The molecular weight excluding hydrogens is 294 g/mol. The average Bonchev–Trinajstić information content (AvgIpc) is 2.31. The van der Waals surface area contributed by atoms with Crippen molar-refractivity contribution >= 4 is 21.6 Å². The van der Waals surface area contributed by atoms with Gasteiger partial charge in [0.2, 0.25) is 0 Å². The SMILES string of the molecule is COC(COc1ccc(Br)cc1[N+](=O)[O-])OC. The maximum atomic E-state index is 10.8. The van der Waals surface area contributed by atoms with Gasteiger partial charge in [-0.3, -0.25) is 10.1 Å². The Kier molecular flexibility index (Phi) is 5.33. The molecule has 0 atom stereocenters. The molecule has 0 amide bonds. The Balaban J connectivity index is 2.80. The maximum Gasteiger partial charge on any atom is 0.312 e. The van der Waals surface area contributed by atoms with Crippen LogP contribution in [0.15, 0.2) is 22.7 Å². The lowest BCUT2D eigenvalue weighted by Gasteiger charge is -2.14. The summed E-state index contributed by atoms with van der Waals surface area (Å²) < 4.78 is 15.7. The van der Waals surface area contributed by atoms with Crippen LogP contribution in [0, 0.1) is 10.1 Å². The third-order valence-electron chi connectivity index (χ3n) is 2.02. The van der Waals surface area contributed by atoms with E-state index >= 15 is 0 Å². The fourth-order valence-corrected chi connectivity index (χ4v) is 1.49. The lowest BCUT2D eigenvalue weighted by atomic mass is 10.3. The Morgan fingerprint density at radius 2 is 2.06 bits per heavy atom. The van der Waals surface area contributed by atoms with E-state index < -0.39 is 11.2 Å². The van der Waals surface area contributed by atoms with E-state index in [0.717, 1.165) is 0 Å². The Morgan fingerprint density at radius 3 is 2.59 bits per heavy atom. The van der Waals surface area contributed by atoms with Crippen molar-refractivity contribution in [3.8, 4) is 5.75 Å². The first-order chi connectivity index (χ1) is 8.08. The van der Waals surface area contributed by atoms with Gasteiger partial charge in [-0.1, -0.05) is 15.9 Å². The molecule has 0 aliphatic carbocycles. The predicted molar refractivity (Wildman–Crippen MR) is 64.1 cm³/mol. The quantitative estimate of drug-likeness (QED) is 0.458. The summed E-state index contributed by atoms with van der Waals surface area (Å²) in [5, 5.41) is 10.8. The molecule has 0 saturated heterocycles. The second-order valence-electron chi connectivity index (χ2n) is 3.08. The number of nitro benzene ring substituents is 1. The first-order valence-corrected chi connectivity index (χ1v) is 5.50. The Bertz CT molecular complexity index is 394. The van der Waals surface area contributed by atoms with Gasteiger partial charge in [-0.25, -0.2) is 0 Å². The molecule has 1 aromatic carbocycles. The summed E-state index contributed by atoms with van der Waals surface area (Å²) in [5.74, 6) is 0.178. The molecule has 17 heavy (non-hydrogen) atoms. The van der Waals surface area contributed by atoms with Crippen LogP contribution in [0.4, 0.5) is 5.69 Å². The first-order valence-electron chi connectivity index (χ1n) is 4.70. The summed E-state index contributed by atoms with van der Waals surface area (Å²) in [6.45, 7) is 0.0788. The summed E-state index contributed by atoms with van der Waals surface area (Å²) in [5.41, 5.74) is -0.106. The van der Waals surface area contributed by atoms with Crippen LogP contribution in [0.25, 0.3) is 0 Å². The van der Waals surface area contributed by atoms with Gasteiger partial charge in [-0.05, 0) is 12.1 Å². The van der Waals surface area contributed by atoms with E-state index in [1.165, 1.54) is 26.4 Å². The molecular formula is C10H12BrNO5. The smallest absolute Gasteiger partial charge is 0.312 e. The molecule has 1 rings (SSSR count). The Morgan fingerprint density at radius 1 is 1.41 bits per heavy atom. The monoisotopic (exact) mass is 305 g/mol. The highest BCUT2D eigenvalue weighted by Gasteiger charge is 2.17. The molecule has 0 saturated carbocycles. The van der Waals surface area contributed by atoms with Crippen molar-refractivity contribution in [1.82, 2.24) is 0 Å². The zero-order chi connectivity index (χ0) is 12.8. The van der Waals surface area contributed by atoms with E-state index in [0.29, 0.717) is 4.47 Å². The largest absolute Gasteiger partial charge is 0.481 e. The molecule has 0 unspecified atom stereocenters. The summed E-state index contributed by atoms with van der Waals surface area (Å²) >= 11 is 3.16. The van der Waals surface area contributed by atoms with Crippen LogP contribution in [0.1, 0.15) is 0 Å². The van der Waals surface area contributed by atoms with E-state index in [1.807, 2.05) is 0 Å². The normalized spacial score (nSPS) is 10.6. The van der Waals surface area contributed by atoms with Gasteiger partial charge < -0.3 is 14.2 Å². The fraction of sp³-hybridized carbons (Fsp3) is 0.400. The summed E-state index contributed by atoms with van der Waals surface area (Å²) in [6.07, 6.45) is -0.557. The van der Waals surface area contributed by atoms with Crippen LogP contribution in [-0.4, -0.2) is 32.0 Å². The lowest BCUT2D eigenvalue weighted by molar-refractivity contribution is -0.386. The molecule has 1 aromatic rings. The van der Waals surface area contributed by atoms with Gasteiger partial charge in [0.15, 0.2) is 12.0 Å².